The van der Waals surface area contributed by atoms with Gasteiger partial charge >= 0.3 is 11.3 Å². The van der Waals surface area contributed by atoms with Gasteiger partial charge in [0.05, 0.1) is 34.9 Å². The zero-order chi connectivity index (χ0) is 26.6. The van der Waals surface area contributed by atoms with Crippen molar-refractivity contribution in [3.63, 3.8) is 0 Å². The Hall–Kier alpha value is -4.52. The van der Waals surface area contributed by atoms with Crippen molar-refractivity contribution < 1.29 is 23.8 Å². The van der Waals surface area contributed by atoms with E-state index in [2.05, 4.69) is 0 Å². The molecule has 0 fully saturated rings. The average Bonchev–Trinajstić information content (AvgIpc) is 2.85. The molecule has 0 aliphatic heterocycles. The summed E-state index contributed by atoms with van der Waals surface area (Å²) in [6.07, 6.45) is 0. The van der Waals surface area contributed by atoms with Crippen molar-refractivity contribution >= 4 is 21.9 Å². The van der Waals surface area contributed by atoms with Gasteiger partial charge in [-0.2, -0.15) is 0 Å². The van der Waals surface area contributed by atoms with Crippen LogP contribution in [0.15, 0.2) is 67.0 Å². The molecule has 0 unspecified atom stereocenters. The fraction of sp³-hybridized carbons (Fsp3) is 0.200. The fourth-order valence-electron chi connectivity index (χ4n) is 5.09. The normalized spacial score (nSPS) is 11.5. The minimum Gasteiger partial charge on any atom is -0.507 e. The van der Waals surface area contributed by atoms with E-state index in [9.17, 15) is 19.8 Å². The first kappa shape index (κ1) is 24.2. The smallest absolute Gasteiger partial charge is 0.344 e. The average molecular weight is 499 g/mol. The third-order valence-corrected chi connectivity index (χ3v) is 6.71. The molecular formula is C30H26O7. The van der Waals surface area contributed by atoms with Gasteiger partial charge in [-0.05, 0) is 79.8 Å². The maximum absolute atomic E-state index is 13.4. The number of aromatic hydroxyl groups is 2. The highest BCUT2D eigenvalue weighted by molar-refractivity contribution is 5.89. The molecular weight excluding hydrogens is 472 g/mol. The first-order chi connectivity index (χ1) is 17.6. The van der Waals surface area contributed by atoms with Crippen LogP contribution in [-0.4, -0.2) is 17.3 Å². The number of aryl methyl sites for hydroxylation is 4. The largest absolute Gasteiger partial charge is 0.507 e. The number of hydrogen-bond donors (Lipinski definition) is 2. The molecule has 3 aromatic carbocycles. The molecule has 0 bridgehead atoms. The predicted octanol–water partition coefficient (Wildman–Crippen LogP) is 5.73. The number of methoxy groups -OCH3 is 1. The Bertz CT molecular complexity index is 1700. The number of fused-ring (bicyclic) bond motifs is 2. The summed E-state index contributed by atoms with van der Waals surface area (Å²) in [6, 6.07) is 13.8. The van der Waals surface area contributed by atoms with Gasteiger partial charge in [0.1, 0.15) is 28.4 Å². The second-order valence-electron chi connectivity index (χ2n) is 9.43. The van der Waals surface area contributed by atoms with Crippen LogP contribution >= 0.6 is 0 Å². The summed E-state index contributed by atoms with van der Waals surface area (Å²) in [5, 5.41) is 23.6. The molecule has 0 aliphatic rings. The van der Waals surface area contributed by atoms with Crippen LogP contribution in [0, 0.1) is 27.7 Å². The highest BCUT2D eigenvalue weighted by atomic mass is 16.5. The zero-order valence-corrected chi connectivity index (χ0v) is 21.1. The van der Waals surface area contributed by atoms with Crippen molar-refractivity contribution in [3.8, 4) is 17.2 Å². The molecule has 188 valence electrons. The lowest BCUT2D eigenvalue weighted by molar-refractivity contribution is 0.414. The molecule has 0 saturated carbocycles. The SMILES string of the molecule is COc1ccc(C(c2c(O)c3cc(C)cc(C)c3oc2=O)c2c(O)c3cc(C)cc(C)c3oc2=O)cc1. The third kappa shape index (κ3) is 3.93. The molecule has 2 heterocycles. The molecule has 0 saturated heterocycles. The quantitative estimate of drug-likeness (QED) is 0.304. The molecule has 37 heavy (non-hydrogen) atoms. The van der Waals surface area contributed by atoms with Crippen LogP contribution in [0.1, 0.15) is 44.9 Å². The van der Waals surface area contributed by atoms with Crippen LogP contribution < -0.4 is 16.0 Å². The zero-order valence-electron chi connectivity index (χ0n) is 21.1. The van der Waals surface area contributed by atoms with Crippen molar-refractivity contribution in [1.29, 1.82) is 0 Å². The summed E-state index contributed by atoms with van der Waals surface area (Å²) in [4.78, 5) is 26.9. The third-order valence-electron chi connectivity index (χ3n) is 6.71. The molecule has 0 atom stereocenters. The maximum Gasteiger partial charge on any atom is 0.344 e. The molecule has 7 heteroatoms. The number of rotatable bonds is 4. The molecule has 5 rings (SSSR count). The number of benzene rings is 3. The van der Waals surface area contributed by atoms with E-state index in [0.717, 1.165) is 11.1 Å². The molecule has 0 aliphatic carbocycles. The molecule has 0 radical (unpaired) electrons. The van der Waals surface area contributed by atoms with E-state index in [0.29, 0.717) is 33.2 Å². The minimum atomic E-state index is -1.19. The van der Waals surface area contributed by atoms with Gasteiger partial charge in [0.15, 0.2) is 0 Å². The van der Waals surface area contributed by atoms with Crippen molar-refractivity contribution in [2.75, 3.05) is 7.11 Å². The van der Waals surface area contributed by atoms with E-state index in [4.69, 9.17) is 13.6 Å². The summed E-state index contributed by atoms with van der Waals surface area (Å²) in [5.41, 5.74) is 2.08. The van der Waals surface area contributed by atoms with Crippen LogP contribution in [-0.2, 0) is 0 Å². The Kier molecular flexibility index (Phi) is 5.79. The van der Waals surface area contributed by atoms with E-state index < -0.39 is 17.2 Å². The minimum absolute atomic E-state index is 0.172. The first-order valence-electron chi connectivity index (χ1n) is 11.8. The van der Waals surface area contributed by atoms with Crippen molar-refractivity contribution in [2.24, 2.45) is 0 Å². The molecule has 5 aromatic rings. The highest BCUT2D eigenvalue weighted by Crippen LogP contribution is 2.43. The van der Waals surface area contributed by atoms with Crippen LogP contribution in [0.2, 0.25) is 0 Å². The summed E-state index contributed by atoms with van der Waals surface area (Å²) >= 11 is 0. The monoisotopic (exact) mass is 498 g/mol. The Balaban J connectivity index is 1.92. The van der Waals surface area contributed by atoms with Gasteiger partial charge in [0, 0.05) is 0 Å². The Labute approximate surface area is 212 Å². The van der Waals surface area contributed by atoms with Gasteiger partial charge < -0.3 is 23.8 Å². The molecule has 0 amide bonds. The van der Waals surface area contributed by atoms with Gasteiger partial charge in [-0.15, -0.1) is 0 Å². The van der Waals surface area contributed by atoms with Gasteiger partial charge in [-0.1, -0.05) is 24.3 Å². The van der Waals surface area contributed by atoms with E-state index in [-0.39, 0.29) is 33.8 Å². The topological polar surface area (TPSA) is 110 Å². The summed E-state index contributed by atoms with van der Waals surface area (Å²) in [6.45, 7) is 7.30. The van der Waals surface area contributed by atoms with E-state index >= 15 is 0 Å². The Morgan fingerprint density at radius 1 is 0.703 bits per heavy atom. The second-order valence-corrected chi connectivity index (χ2v) is 9.43. The van der Waals surface area contributed by atoms with Crippen LogP contribution in [0.4, 0.5) is 0 Å². The van der Waals surface area contributed by atoms with Crippen molar-refractivity contribution in [2.45, 2.75) is 33.6 Å². The highest BCUT2D eigenvalue weighted by Gasteiger charge is 2.33. The molecule has 7 nitrogen and oxygen atoms in total. The summed E-state index contributed by atoms with van der Waals surface area (Å²) in [7, 11) is 1.52. The van der Waals surface area contributed by atoms with Gasteiger partial charge in [-0.3, -0.25) is 0 Å². The van der Waals surface area contributed by atoms with Crippen molar-refractivity contribution in [3.05, 3.63) is 108 Å². The number of ether oxygens (including phenoxy) is 1. The second kappa shape index (κ2) is 8.85. The van der Waals surface area contributed by atoms with E-state index in [1.54, 1.807) is 50.2 Å². The van der Waals surface area contributed by atoms with Crippen LogP contribution in [0.3, 0.4) is 0 Å². The van der Waals surface area contributed by atoms with Gasteiger partial charge in [-0.25, -0.2) is 9.59 Å². The lowest BCUT2D eigenvalue weighted by atomic mass is 9.84. The molecule has 0 spiro atoms. The van der Waals surface area contributed by atoms with Crippen molar-refractivity contribution in [1.82, 2.24) is 0 Å². The fourth-order valence-corrected chi connectivity index (χ4v) is 5.09. The Morgan fingerprint density at radius 2 is 1.14 bits per heavy atom. The number of hydrogen-bond acceptors (Lipinski definition) is 7. The molecule has 2 N–H and O–H groups in total. The Morgan fingerprint density at radius 3 is 1.54 bits per heavy atom. The van der Waals surface area contributed by atoms with E-state index in [1.807, 2.05) is 26.0 Å². The van der Waals surface area contributed by atoms with Crippen LogP contribution in [0.25, 0.3) is 21.9 Å². The standard InChI is InChI=1S/C30H26O7/c1-14-10-16(3)27-20(12-14)25(31)23(29(33)36-27)22(18-6-8-19(35-5)9-7-18)24-26(32)21-13-15(2)11-17(4)28(21)37-30(24)34/h6-13,22,31-32H,1-5H3. The lowest BCUT2D eigenvalue weighted by Gasteiger charge is -2.20. The molecule has 2 aromatic heterocycles. The first-order valence-corrected chi connectivity index (χ1v) is 11.8. The van der Waals surface area contributed by atoms with Gasteiger partial charge in [0.25, 0.3) is 0 Å². The maximum atomic E-state index is 13.4. The lowest BCUT2D eigenvalue weighted by Crippen LogP contribution is -2.21. The van der Waals surface area contributed by atoms with E-state index in [1.165, 1.54) is 7.11 Å². The predicted molar refractivity (Wildman–Crippen MR) is 141 cm³/mol. The summed E-state index contributed by atoms with van der Waals surface area (Å²) < 4.78 is 16.6. The van der Waals surface area contributed by atoms with Gasteiger partial charge in [0.2, 0.25) is 0 Å². The summed E-state index contributed by atoms with van der Waals surface area (Å²) in [5.74, 6) is -1.27. The van der Waals surface area contributed by atoms with Crippen LogP contribution in [0.5, 0.6) is 17.2 Å².